The highest BCUT2D eigenvalue weighted by Crippen LogP contribution is 2.30. The van der Waals surface area contributed by atoms with Crippen molar-refractivity contribution in [1.82, 2.24) is 20.4 Å². The summed E-state index contributed by atoms with van der Waals surface area (Å²) < 4.78 is 0. The molecule has 2 heterocycles. The standard InChI is InChI=1S/C17H15N5S/c1-23(2)12-4-6-14-13(10-12)15(7-8-18-14)19-11-3-5-16-17(9-11)21-22-20-16/h3-10H,1H2,2H3,(H,18,19)(H,20,21,22). The smallest absolute Gasteiger partial charge is 0.114 e. The van der Waals surface area contributed by atoms with Gasteiger partial charge in [0.2, 0.25) is 0 Å². The molecule has 0 amide bonds. The number of fused-ring (bicyclic) bond motifs is 2. The molecule has 0 spiro atoms. The lowest BCUT2D eigenvalue weighted by Gasteiger charge is -2.11. The van der Waals surface area contributed by atoms with E-state index in [1.54, 1.807) is 0 Å². The average Bonchev–Trinajstić information content (AvgIpc) is 3.02. The van der Waals surface area contributed by atoms with Crippen LogP contribution in [0.5, 0.6) is 0 Å². The third-order valence-corrected chi connectivity index (χ3v) is 4.78. The van der Waals surface area contributed by atoms with E-state index >= 15 is 0 Å². The van der Waals surface area contributed by atoms with Crippen molar-refractivity contribution in [3.63, 3.8) is 0 Å². The Morgan fingerprint density at radius 2 is 2.00 bits per heavy atom. The minimum absolute atomic E-state index is 0.0309. The minimum atomic E-state index is -0.0309. The van der Waals surface area contributed by atoms with Crippen LogP contribution >= 0.6 is 10.5 Å². The van der Waals surface area contributed by atoms with E-state index in [1.807, 2.05) is 36.5 Å². The summed E-state index contributed by atoms with van der Waals surface area (Å²) in [6.45, 7) is 0. The summed E-state index contributed by atoms with van der Waals surface area (Å²) in [6.07, 6.45) is 3.93. The zero-order valence-electron chi connectivity index (χ0n) is 12.6. The van der Waals surface area contributed by atoms with Gasteiger partial charge >= 0.3 is 0 Å². The molecule has 0 saturated carbocycles. The van der Waals surface area contributed by atoms with Crippen LogP contribution in [-0.2, 0) is 0 Å². The van der Waals surface area contributed by atoms with Crippen LogP contribution in [0.2, 0.25) is 0 Å². The van der Waals surface area contributed by atoms with Gasteiger partial charge in [0.25, 0.3) is 0 Å². The van der Waals surface area contributed by atoms with Gasteiger partial charge in [0.05, 0.1) is 11.0 Å². The van der Waals surface area contributed by atoms with E-state index in [0.717, 1.165) is 33.3 Å². The molecule has 0 aliphatic heterocycles. The molecule has 2 aromatic heterocycles. The molecule has 4 aromatic rings. The number of anilines is 2. The number of nitrogens with zero attached hydrogens (tertiary/aromatic N) is 3. The summed E-state index contributed by atoms with van der Waals surface area (Å²) in [5.74, 6) is 4.13. The first kappa shape index (κ1) is 13.9. The number of aromatic amines is 1. The molecule has 1 atom stereocenters. The number of aromatic nitrogens is 4. The van der Waals surface area contributed by atoms with Crippen LogP contribution in [0.15, 0.2) is 53.6 Å². The van der Waals surface area contributed by atoms with E-state index < -0.39 is 0 Å². The zero-order chi connectivity index (χ0) is 15.8. The molecule has 0 aliphatic rings. The van der Waals surface area contributed by atoms with Gasteiger partial charge in [0.1, 0.15) is 5.52 Å². The van der Waals surface area contributed by atoms with Crippen LogP contribution in [0.1, 0.15) is 0 Å². The van der Waals surface area contributed by atoms with Crippen molar-refractivity contribution in [2.45, 2.75) is 4.90 Å². The zero-order valence-corrected chi connectivity index (χ0v) is 13.4. The van der Waals surface area contributed by atoms with Crippen LogP contribution in [0.3, 0.4) is 0 Å². The molecular weight excluding hydrogens is 306 g/mol. The lowest BCUT2D eigenvalue weighted by molar-refractivity contribution is 0.959. The maximum absolute atomic E-state index is 4.44. The van der Waals surface area contributed by atoms with Crippen molar-refractivity contribution < 1.29 is 0 Å². The van der Waals surface area contributed by atoms with Crippen LogP contribution in [-0.4, -0.2) is 32.5 Å². The predicted molar refractivity (Wildman–Crippen MR) is 97.8 cm³/mol. The SMILES string of the molecule is C=S(C)c1ccc2nccc(Nc3ccc4[nH]nnc4c3)c2c1. The highest BCUT2D eigenvalue weighted by Gasteiger charge is 2.06. The number of benzene rings is 2. The highest BCUT2D eigenvalue weighted by atomic mass is 32.2. The molecule has 0 aliphatic carbocycles. The summed E-state index contributed by atoms with van der Waals surface area (Å²) in [5, 5.41) is 15.3. The maximum Gasteiger partial charge on any atom is 0.114 e. The second-order valence-corrected chi connectivity index (χ2v) is 7.09. The fourth-order valence-corrected chi connectivity index (χ4v) is 3.15. The van der Waals surface area contributed by atoms with E-state index in [9.17, 15) is 0 Å². The summed E-state index contributed by atoms with van der Waals surface area (Å²) in [5.41, 5.74) is 4.71. The summed E-state index contributed by atoms with van der Waals surface area (Å²) >= 11 is 0. The number of hydrogen-bond acceptors (Lipinski definition) is 4. The number of hydrogen-bond donors (Lipinski definition) is 2. The predicted octanol–water partition coefficient (Wildman–Crippen LogP) is 3.94. The molecule has 2 aromatic carbocycles. The van der Waals surface area contributed by atoms with Crippen molar-refractivity contribution in [3.8, 4) is 0 Å². The molecule has 0 bridgehead atoms. The third-order valence-electron chi connectivity index (χ3n) is 3.72. The van der Waals surface area contributed by atoms with E-state index in [2.05, 4.69) is 50.0 Å². The number of nitrogens with one attached hydrogen (secondary N) is 2. The Kier molecular flexibility index (Phi) is 3.31. The first-order valence-corrected chi connectivity index (χ1v) is 8.93. The molecular formula is C17H15N5S. The monoisotopic (exact) mass is 321 g/mol. The fraction of sp³-hybridized carbons (Fsp3) is 0.0588. The largest absolute Gasteiger partial charge is 0.355 e. The Morgan fingerprint density at radius 3 is 2.87 bits per heavy atom. The Balaban J connectivity index is 1.80. The number of rotatable bonds is 3. The van der Waals surface area contributed by atoms with Gasteiger partial charge in [-0.1, -0.05) is 11.1 Å². The van der Waals surface area contributed by atoms with Crippen molar-refractivity contribution >= 4 is 49.7 Å². The van der Waals surface area contributed by atoms with Crippen molar-refractivity contribution in [1.29, 1.82) is 0 Å². The molecule has 4 rings (SSSR count). The van der Waals surface area contributed by atoms with E-state index in [4.69, 9.17) is 0 Å². The number of pyridine rings is 1. The van der Waals surface area contributed by atoms with Gasteiger partial charge < -0.3 is 5.32 Å². The highest BCUT2D eigenvalue weighted by molar-refractivity contribution is 8.13. The Morgan fingerprint density at radius 1 is 1.09 bits per heavy atom. The Hall–Kier alpha value is -2.73. The maximum atomic E-state index is 4.44. The molecule has 1 unspecified atom stereocenters. The topological polar surface area (TPSA) is 66.5 Å². The lowest BCUT2D eigenvalue weighted by atomic mass is 10.1. The second-order valence-electron chi connectivity index (χ2n) is 5.34. The summed E-state index contributed by atoms with van der Waals surface area (Å²) in [7, 11) is -0.0309. The first-order valence-electron chi connectivity index (χ1n) is 7.13. The van der Waals surface area contributed by atoms with E-state index in [-0.39, 0.29) is 10.5 Å². The van der Waals surface area contributed by atoms with Crippen molar-refractivity contribution in [3.05, 3.63) is 48.7 Å². The van der Waals surface area contributed by atoms with Gasteiger partial charge in [-0.25, -0.2) is 0 Å². The summed E-state index contributed by atoms with van der Waals surface area (Å²) in [4.78, 5) is 5.66. The van der Waals surface area contributed by atoms with E-state index in [1.165, 1.54) is 4.90 Å². The lowest BCUT2D eigenvalue weighted by Crippen LogP contribution is -1.93. The fourth-order valence-electron chi connectivity index (χ4n) is 2.53. The molecule has 0 fully saturated rings. The van der Waals surface area contributed by atoms with Gasteiger partial charge in [-0.05, 0) is 48.7 Å². The molecule has 6 heteroatoms. The quantitative estimate of drug-likeness (QED) is 0.561. The van der Waals surface area contributed by atoms with Crippen molar-refractivity contribution in [2.75, 3.05) is 11.6 Å². The first-order chi connectivity index (χ1) is 11.2. The Bertz CT molecular complexity index is 1040. The van der Waals surface area contributed by atoms with Crippen LogP contribution in [0.4, 0.5) is 11.4 Å². The normalized spacial score (nSPS) is 12.6. The minimum Gasteiger partial charge on any atom is -0.355 e. The van der Waals surface area contributed by atoms with Gasteiger partial charge in [0, 0.05) is 27.9 Å². The molecule has 23 heavy (non-hydrogen) atoms. The second kappa shape index (κ2) is 5.48. The molecule has 0 saturated heterocycles. The third kappa shape index (κ3) is 2.57. The molecule has 2 N–H and O–H groups in total. The van der Waals surface area contributed by atoms with Crippen LogP contribution < -0.4 is 5.32 Å². The summed E-state index contributed by atoms with van der Waals surface area (Å²) in [6, 6.07) is 14.2. The average molecular weight is 321 g/mol. The van der Waals surface area contributed by atoms with Gasteiger partial charge in [-0.15, -0.1) is 5.10 Å². The van der Waals surface area contributed by atoms with E-state index in [0.29, 0.717) is 0 Å². The van der Waals surface area contributed by atoms with Gasteiger partial charge in [-0.3, -0.25) is 10.1 Å². The Labute approximate surface area is 135 Å². The molecule has 0 radical (unpaired) electrons. The van der Waals surface area contributed by atoms with Crippen LogP contribution in [0.25, 0.3) is 21.9 Å². The van der Waals surface area contributed by atoms with Gasteiger partial charge in [-0.2, -0.15) is 10.5 Å². The molecule has 5 nitrogen and oxygen atoms in total. The number of H-pyrrole nitrogens is 1. The molecule has 114 valence electrons. The van der Waals surface area contributed by atoms with Crippen molar-refractivity contribution in [2.24, 2.45) is 0 Å². The van der Waals surface area contributed by atoms with Crippen LogP contribution in [0, 0.1) is 0 Å². The van der Waals surface area contributed by atoms with Gasteiger partial charge in [0.15, 0.2) is 0 Å².